The van der Waals surface area contributed by atoms with Crippen LogP contribution in [-0.4, -0.2) is 12.1 Å². The van der Waals surface area contributed by atoms with Crippen molar-refractivity contribution in [3.8, 4) is 17.0 Å². The lowest BCUT2D eigenvalue weighted by Crippen LogP contribution is -1.95. The van der Waals surface area contributed by atoms with E-state index in [4.69, 9.17) is 10.5 Å². The first-order valence-corrected chi connectivity index (χ1v) is 6.49. The van der Waals surface area contributed by atoms with E-state index in [-0.39, 0.29) is 0 Å². The molecule has 0 amide bonds. The third-order valence-corrected chi connectivity index (χ3v) is 3.40. The standard InChI is InChI=1S/C17H16N2O/c1-11-3-8-15-13(9-11)10-16(19-17(15)18)12-4-6-14(20-2)7-5-12/h3-10H,1-2H3,(H2,18,19). The fourth-order valence-electron chi connectivity index (χ4n) is 2.31. The van der Waals surface area contributed by atoms with Crippen molar-refractivity contribution >= 4 is 16.6 Å². The Hall–Kier alpha value is -2.55. The first-order valence-electron chi connectivity index (χ1n) is 6.49. The minimum absolute atomic E-state index is 0.563. The van der Waals surface area contributed by atoms with Crippen molar-refractivity contribution in [1.29, 1.82) is 0 Å². The van der Waals surface area contributed by atoms with Gasteiger partial charge in [0.05, 0.1) is 12.8 Å². The predicted molar refractivity (Wildman–Crippen MR) is 82.9 cm³/mol. The van der Waals surface area contributed by atoms with E-state index < -0.39 is 0 Å². The second-order valence-corrected chi connectivity index (χ2v) is 4.85. The van der Waals surface area contributed by atoms with Gasteiger partial charge in [-0.05, 0) is 42.6 Å². The number of benzene rings is 2. The van der Waals surface area contributed by atoms with Gasteiger partial charge in [0, 0.05) is 10.9 Å². The fraction of sp³-hybridized carbons (Fsp3) is 0.118. The molecular formula is C17H16N2O. The summed E-state index contributed by atoms with van der Waals surface area (Å²) >= 11 is 0. The summed E-state index contributed by atoms with van der Waals surface area (Å²) in [6.07, 6.45) is 0. The molecule has 0 fully saturated rings. The number of nitrogen functional groups attached to an aromatic ring is 1. The Morgan fingerprint density at radius 3 is 2.45 bits per heavy atom. The molecule has 0 unspecified atom stereocenters. The number of ether oxygens (including phenoxy) is 1. The number of aryl methyl sites for hydroxylation is 1. The summed E-state index contributed by atoms with van der Waals surface area (Å²) in [6.45, 7) is 2.07. The first-order chi connectivity index (χ1) is 9.67. The second kappa shape index (κ2) is 4.85. The van der Waals surface area contributed by atoms with Crippen molar-refractivity contribution in [1.82, 2.24) is 4.98 Å². The molecule has 0 aliphatic carbocycles. The van der Waals surface area contributed by atoms with E-state index >= 15 is 0 Å². The van der Waals surface area contributed by atoms with Crippen LogP contribution in [0.15, 0.2) is 48.5 Å². The number of nitrogens with zero attached hydrogens (tertiary/aromatic N) is 1. The van der Waals surface area contributed by atoms with Crippen molar-refractivity contribution < 1.29 is 4.74 Å². The Bertz CT molecular complexity index is 764. The molecule has 1 heterocycles. The van der Waals surface area contributed by atoms with Crippen molar-refractivity contribution in [3.63, 3.8) is 0 Å². The van der Waals surface area contributed by atoms with Crippen LogP contribution in [0, 0.1) is 6.92 Å². The summed E-state index contributed by atoms with van der Waals surface area (Å²) < 4.78 is 5.17. The summed E-state index contributed by atoms with van der Waals surface area (Å²) in [7, 11) is 1.66. The van der Waals surface area contributed by atoms with Crippen LogP contribution in [0.3, 0.4) is 0 Å². The van der Waals surface area contributed by atoms with Crippen LogP contribution in [0.2, 0.25) is 0 Å². The topological polar surface area (TPSA) is 48.1 Å². The molecule has 3 rings (SSSR count). The van der Waals surface area contributed by atoms with Crippen LogP contribution < -0.4 is 10.5 Å². The van der Waals surface area contributed by atoms with E-state index in [9.17, 15) is 0 Å². The minimum atomic E-state index is 0.563. The molecule has 3 heteroatoms. The normalized spacial score (nSPS) is 10.7. The number of rotatable bonds is 2. The van der Waals surface area contributed by atoms with Gasteiger partial charge in [0.1, 0.15) is 11.6 Å². The molecule has 1 aromatic heterocycles. The van der Waals surface area contributed by atoms with Crippen LogP contribution in [-0.2, 0) is 0 Å². The number of pyridine rings is 1. The lowest BCUT2D eigenvalue weighted by molar-refractivity contribution is 0.415. The summed E-state index contributed by atoms with van der Waals surface area (Å²) in [5.41, 5.74) is 9.18. The van der Waals surface area contributed by atoms with E-state index in [0.29, 0.717) is 5.82 Å². The van der Waals surface area contributed by atoms with E-state index in [2.05, 4.69) is 24.0 Å². The largest absolute Gasteiger partial charge is 0.497 e. The van der Waals surface area contributed by atoms with Gasteiger partial charge >= 0.3 is 0 Å². The molecule has 0 aliphatic rings. The van der Waals surface area contributed by atoms with Gasteiger partial charge in [-0.2, -0.15) is 0 Å². The zero-order chi connectivity index (χ0) is 14.1. The molecule has 0 radical (unpaired) electrons. The van der Waals surface area contributed by atoms with Crippen LogP contribution in [0.25, 0.3) is 22.0 Å². The fourth-order valence-corrected chi connectivity index (χ4v) is 2.31. The molecule has 20 heavy (non-hydrogen) atoms. The average molecular weight is 264 g/mol. The second-order valence-electron chi connectivity index (χ2n) is 4.85. The molecule has 3 aromatic rings. The van der Waals surface area contributed by atoms with Crippen molar-refractivity contribution in [3.05, 3.63) is 54.1 Å². The van der Waals surface area contributed by atoms with Crippen LogP contribution >= 0.6 is 0 Å². The Morgan fingerprint density at radius 2 is 1.75 bits per heavy atom. The highest BCUT2D eigenvalue weighted by Gasteiger charge is 2.06. The third kappa shape index (κ3) is 2.18. The maximum absolute atomic E-state index is 6.06. The predicted octanol–water partition coefficient (Wildman–Crippen LogP) is 3.80. The SMILES string of the molecule is COc1ccc(-c2cc3cc(C)ccc3c(N)n2)cc1. The molecule has 2 aromatic carbocycles. The molecule has 0 saturated heterocycles. The highest BCUT2D eigenvalue weighted by atomic mass is 16.5. The number of fused-ring (bicyclic) bond motifs is 1. The van der Waals surface area contributed by atoms with Crippen molar-refractivity contribution in [2.45, 2.75) is 6.92 Å². The summed E-state index contributed by atoms with van der Waals surface area (Å²) in [5, 5.41) is 2.11. The number of anilines is 1. The van der Waals surface area contributed by atoms with Gasteiger partial charge in [-0.1, -0.05) is 23.8 Å². The molecule has 0 atom stereocenters. The molecule has 3 nitrogen and oxygen atoms in total. The van der Waals surface area contributed by atoms with E-state index in [1.165, 1.54) is 5.56 Å². The summed E-state index contributed by atoms with van der Waals surface area (Å²) in [6, 6.07) is 16.1. The molecule has 0 spiro atoms. The number of hydrogen-bond donors (Lipinski definition) is 1. The molecular weight excluding hydrogens is 248 g/mol. The van der Waals surface area contributed by atoms with Gasteiger partial charge in [0.2, 0.25) is 0 Å². The van der Waals surface area contributed by atoms with Crippen LogP contribution in [0.5, 0.6) is 5.75 Å². The Labute approximate surface area is 118 Å². The van der Waals surface area contributed by atoms with Crippen molar-refractivity contribution in [2.75, 3.05) is 12.8 Å². The Morgan fingerprint density at radius 1 is 1.00 bits per heavy atom. The first kappa shape index (κ1) is 12.5. The quantitative estimate of drug-likeness (QED) is 0.765. The maximum atomic E-state index is 6.06. The van der Waals surface area contributed by atoms with Crippen molar-refractivity contribution in [2.24, 2.45) is 0 Å². The van der Waals surface area contributed by atoms with Crippen LogP contribution in [0.4, 0.5) is 5.82 Å². The number of methoxy groups -OCH3 is 1. The zero-order valence-electron chi connectivity index (χ0n) is 11.6. The van der Waals surface area contributed by atoms with Gasteiger partial charge in [0.25, 0.3) is 0 Å². The Balaban J connectivity index is 2.15. The van der Waals surface area contributed by atoms with Gasteiger partial charge in [-0.25, -0.2) is 4.98 Å². The lowest BCUT2D eigenvalue weighted by atomic mass is 10.0. The Kier molecular flexibility index (Phi) is 3.03. The lowest BCUT2D eigenvalue weighted by Gasteiger charge is -2.08. The zero-order valence-corrected chi connectivity index (χ0v) is 11.6. The third-order valence-electron chi connectivity index (χ3n) is 3.40. The van der Waals surface area contributed by atoms with E-state index in [1.807, 2.05) is 36.4 Å². The molecule has 0 bridgehead atoms. The van der Waals surface area contributed by atoms with Gasteiger partial charge < -0.3 is 10.5 Å². The van der Waals surface area contributed by atoms with Crippen LogP contribution in [0.1, 0.15) is 5.56 Å². The van der Waals surface area contributed by atoms with Gasteiger partial charge in [-0.3, -0.25) is 0 Å². The highest BCUT2D eigenvalue weighted by Crippen LogP contribution is 2.27. The monoisotopic (exact) mass is 264 g/mol. The summed E-state index contributed by atoms with van der Waals surface area (Å²) in [5.74, 6) is 1.40. The van der Waals surface area contributed by atoms with E-state index in [0.717, 1.165) is 27.8 Å². The highest BCUT2D eigenvalue weighted by molar-refractivity contribution is 5.94. The smallest absolute Gasteiger partial charge is 0.131 e. The van der Waals surface area contributed by atoms with Gasteiger partial charge in [-0.15, -0.1) is 0 Å². The molecule has 2 N–H and O–H groups in total. The molecule has 100 valence electrons. The average Bonchev–Trinajstić information content (AvgIpc) is 2.46. The number of nitrogens with two attached hydrogens (primary N) is 1. The maximum Gasteiger partial charge on any atom is 0.131 e. The molecule has 0 saturated carbocycles. The molecule has 0 aliphatic heterocycles. The number of aromatic nitrogens is 1. The summed E-state index contributed by atoms with van der Waals surface area (Å²) in [4.78, 5) is 4.49. The van der Waals surface area contributed by atoms with Gasteiger partial charge in [0.15, 0.2) is 0 Å². The number of hydrogen-bond acceptors (Lipinski definition) is 3. The minimum Gasteiger partial charge on any atom is -0.497 e. The van der Waals surface area contributed by atoms with E-state index in [1.54, 1.807) is 7.11 Å².